The molecule has 1 aromatic heterocycles. The number of hydrogen-bond donors (Lipinski definition) is 1. The molecule has 0 bridgehead atoms. The predicted octanol–water partition coefficient (Wildman–Crippen LogP) is 4.41. The normalized spacial score (nSPS) is 10.8. The summed E-state index contributed by atoms with van der Waals surface area (Å²) < 4.78 is 13.3. The van der Waals surface area contributed by atoms with Gasteiger partial charge in [-0.1, -0.05) is 31.5 Å². The lowest BCUT2D eigenvalue weighted by atomic mass is 10.1. The first-order chi connectivity index (χ1) is 13.8. The van der Waals surface area contributed by atoms with Crippen molar-refractivity contribution >= 4 is 0 Å². The van der Waals surface area contributed by atoms with Crippen LogP contribution in [0.3, 0.4) is 0 Å². The third-order valence-electron chi connectivity index (χ3n) is 4.61. The third-order valence-corrected chi connectivity index (χ3v) is 4.61. The van der Waals surface area contributed by atoms with Crippen LogP contribution in [0.1, 0.15) is 36.5 Å². The van der Waals surface area contributed by atoms with Crippen molar-refractivity contribution in [3.8, 4) is 11.5 Å². The first kappa shape index (κ1) is 20.0. The van der Waals surface area contributed by atoms with E-state index in [2.05, 4.69) is 41.5 Å². The molecule has 3 aromatic rings. The lowest BCUT2D eigenvalue weighted by Gasteiger charge is -2.12. The first-order valence-electron chi connectivity index (χ1n) is 9.82. The second-order valence-electron chi connectivity index (χ2n) is 6.83. The monoisotopic (exact) mass is 379 g/mol. The molecule has 0 aliphatic carbocycles. The zero-order valence-electron chi connectivity index (χ0n) is 16.7. The number of nitrogens with one attached hydrogen (secondary N) is 1. The topological polar surface area (TPSA) is 48.3 Å². The van der Waals surface area contributed by atoms with Crippen molar-refractivity contribution in [3.05, 3.63) is 77.9 Å². The van der Waals surface area contributed by atoms with Crippen LogP contribution in [0.25, 0.3) is 0 Å². The lowest BCUT2D eigenvalue weighted by molar-refractivity contribution is 0.309. The molecule has 5 heteroatoms. The molecule has 5 nitrogen and oxygen atoms in total. The maximum atomic E-state index is 5.71. The van der Waals surface area contributed by atoms with E-state index < -0.39 is 0 Å². The molecule has 0 aliphatic heterocycles. The van der Waals surface area contributed by atoms with Crippen LogP contribution in [0.2, 0.25) is 0 Å². The van der Waals surface area contributed by atoms with E-state index in [0.29, 0.717) is 0 Å². The molecule has 0 aliphatic rings. The average molecular weight is 380 g/mol. The molecule has 0 fully saturated rings. The fourth-order valence-corrected chi connectivity index (χ4v) is 3.03. The van der Waals surface area contributed by atoms with Gasteiger partial charge in [0.1, 0.15) is 11.5 Å². The predicted molar refractivity (Wildman–Crippen MR) is 112 cm³/mol. The van der Waals surface area contributed by atoms with Gasteiger partial charge in [-0.25, -0.2) is 4.98 Å². The largest absolute Gasteiger partial charge is 0.496 e. The number of imidazole rings is 1. The van der Waals surface area contributed by atoms with Crippen LogP contribution < -0.4 is 14.8 Å². The molecular formula is C23H29N3O2. The van der Waals surface area contributed by atoms with E-state index in [1.807, 2.05) is 35.3 Å². The Morgan fingerprint density at radius 2 is 1.82 bits per heavy atom. The number of hydrogen-bond acceptors (Lipinski definition) is 4. The molecule has 3 rings (SSSR count). The number of unbranched alkanes of at least 4 members (excludes halogenated alkanes) is 1. The van der Waals surface area contributed by atoms with Crippen molar-refractivity contribution in [2.45, 2.75) is 39.4 Å². The number of nitrogens with zero attached hydrogens (tertiary/aromatic N) is 2. The molecule has 0 radical (unpaired) electrons. The minimum atomic E-state index is 0.747. The van der Waals surface area contributed by atoms with Crippen molar-refractivity contribution < 1.29 is 9.47 Å². The summed E-state index contributed by atoms with van der Waals surface area (Å²) in [7, 11) is 1.71. The van der Waals surface area contributed by atoms with Gasteiger partial charge >= 0.3 is 0 Å². The number of rotatable bonds is 11. The zero-order chi connectivity index (χ0) is 19.6. The second-order valence-corrected chi connectivity index (χ2v) is 6.83. The van der Waals surface area contributed by atoms with Crippen LogP contribution >= 0.6 is 0 Å². The Hall–Kier alpha value is -2.79. The Morgan fingerprint density at radius 1 is 1.04 bits per heavy atom. The summed E-state index contributed by atoms with van der Waals surface area (Å²) in [5.41, 5.74) is 3.62. The highest BCUT2D eigenvalue weighted by atomic mass is 16.5. The van der Waals surface area contributed by atoms with E-state index in [0.717, 1.165) is 56.1 Å². The molecule has 148 valence electrons. The van der Waals surface area contributed by atoms with Gasteiger partial charge in [-0.15, -0.1) is 0 Å². The van der Waals surface area contributed by atoms with E-state index >= 15 is 0 Å². The summed E-state index contributed by atoms with van der Waals surface area (Å²) in [4.78, 5) is 4.11. The van der Waals surface area contributed by atoms with E-state index in [1.165, 1.54) is 11.1 Å². The van der Waals surface area contributed by atoms with E-state index in [-0.39, 0.29) is 0 Å². The molecule has 0 saturated heterocycles. The van der Waals surface area contributed by atoms with E-state index in [9.17, 15) is 0 Å². The fourth-order valence-electron chi connectivity index (χ4n) is 3.03. The SMILES string of the molecule is CCCCOc1ccc(CNCc2ccc(OC)c(Cn3ccnc3)c2)cc1. The maximum absolute atomic E-state index is 5.71. The Labute approximate surface area is 167 Å². The molecule has 0 amide bonds. The molecule has 0 atom stereocenters. The van der Waals surface area contributed by atoms with Crippen LogP contribution in [0.5, 0.6) is 11.5 Å². The molecule has 1 heterocycles. The summed E-state index contributed by atoms with van der Waals surface area (Å²) >= 11 is 0. The van der Waals surface area contributed by atoms with Crippen molar-refractivity contribution in [1.29, 1.82) is 0 Å². The van der Waals surface area contributed by atoms with Crippen molar-refractivity contribution in [2.75, 3.05) is 13.7 Å². The molecule has 2 aromatic carbocycles. The van der Waals surface area contributed by atoms with Gasteiger partial charge in [0.05, 0.1) is 26.6 Å². The summed E-state index contributed by atoms with van der Waals surface area (Å²) in [6.07, 6.45) is 7.81. The molecule has 0 spiro atoms. The quantitative estimate of drug-likeness (QED) is 0.502. The first-order valence-corrected chi connectivity index (χ1v) is 9.82. The Bertz CT molecular complexity index is 830. The van der Waals surface area contributed by atoms with Crippen LogP contribution in [0.15, 0.2) is 61.2 Å². The minimum absolute atomic E-state index is 0.747. The number of benzene rings is 2. The van der Waals surface area contributed by atoms with Crippen LogP contribution in [-0.4, -0.2) is 23.3 Å². The van der Waals surface area contributed by atoms with Gasteiger partial charge < -0.3 is 19.4 Å². The van der Waals surface area contributed by atoms with Crippen LogP contribution in [0, 0.1) is 0 Å². The second kappa shape index (κ2) is 10.5. The zero-order valence-corrected chi connectivity index (χ0v) is 16.7. The molecule has 28 heavy (non-hydrogen) atoms. The molecular weight excluding hydrogens is 350 g/mol. The average Bonchev–Trinajstić information content (AvgIpc) is 3.23. The van der Waals surface area contributed by atoms with Gasteiger partial charge in [0.15, 0.2) is 0 Å². The maximum Gasteiger partial charge on any atom is 0.123 e. The van der Waals surface area contributed by atoms with E-state index in [4.69, 9.17) is 9.47 Å². The molecule has 0 saturated carbocycles. The summed E-state index contributed by atoms with van der Waals surface area (Å²) in [5.74, 6) is 1.84. The summed E-state index contributed by atoms with van der Waals surface area (Å²) in [6.45, 7) is 5.32. The molecule has 1 N–H and O–H groups in total. The van der Waals surface area contributed by atoms with Gasteiger partial charge in [-0.2, -0.15) is 0 Å². The Kier molecular flexibility index (Phi) is 7.50. The number of aromatic nitrogens is 2. The van der Waals surface area contributed by atoms with E-state index in [1.54, 1.807) is 13.3 Å². The molecule has 0 unspecified atom stereocenters. The standard InChI is InChI=1S/C23H29N3O2/c1-3-4-13-28-22-8-5-19(6-9-22)15-25-16-20-7-10-23(27-2)21(14-20)17-26-12-11-24-18-26/h5-12,14,18,25H,3-4,13,15-17H2,1-2H3. The third kappa shape index (κ3) is 5.86. The van der Waals surface area contributed by atoms with Crippen LogP contribution in [0.4, 0.5) is 0 Å². The minimum Gasteiger partial charge on any atom is -0.496 e. The fraction of sp³-hybridized carbons (Fsp3) is 0.348. The van der Waals surface area contributed by atoms with Gasteiger partial charge in [0, 0.05) is 31.0 Å². The number of ether oxygens (including phenoxy) is 2. The smallest absolute Gasteiger partial charge is 0.123 e. The Morgan fingerprint density at radius 3 is 2.54 bits per heavy atom. The lowest BCUT2D eigenvalue weighted by Crippen LogP contribution is -2.13. The van der Waals surface area contributed by atoms with Crippen molar-refractivity contribution in [1.82, 2.24) is 14.9 Å². The highest BCUT2D eigenvalue weighted by Gasteiger charge is 2.06. The summed E-state index contributed by atoms with van der Waals surface area (Å²) in [5, 5.41) is 3.51. The van der Waals surface area contributed by atoms with Gasteiger partial charge in [-0.3, -0.25) is 0 Å². The van der Waals surface area contributed by atoms with Crippen molar-refractivity contribution in [3.63, 3.8) is 0 Å². The van der Waals surface area contributed by atoms with Gasteiger partial charge in [0.2, 0.25) is 0 Å². The van der Waals surface area contributed by atoms with Crippen LogP contribution in [-0.2, 0) is 19.6 Å². The van der Waals surface area contributed by atoms with Gasteiger partial charge in [-0.05, 0) is 41.8 Å². The number of methoxy groups -OCH3 is 1. The highest BCUT2D eigenvalue weighted by Crippen LogP contribution is 2.21. The highest BCUT2D eigenvalue weighted by molar-refractivity contribution is 5.37. The summed E-state index contributed by atoms with van der Waals surface area (Å²) in [6, 6.07) is 14.7. The van der Waals surface area contributed by atoms with Gasteiger partial charge in [0.25, 0.3) is 0 Å². The van der Waals surface area contributed by atoms with Crippen molar-refractivity contribution in [2.24, 2.45) is 0 Å². The Balaban J connectivity index is 1.53.